The zero-order valence-electron chi connectivity index (χ0n) is 13.9. The van der Waals surface area contributed by atoms with Crippen molar-refractivity contribution in [3.8, 4) is 0 Å². The van der Waals surface area contributed by atoms with Gasteiger partial charge in [0.05, 0.1) is 17.4 Å². The molecule has 3 rings (SSSR count). The first kappa shape index (κ1) is 18.0. The van der Waals surface area contributed by atoms with Crippen LogP contribution in [0, 0.1) is 5.82 Å². The average molecular weight is 384 g/mol. The van der Waals surface area contributed by atoms with Gasteiger partial charge in [0.25, 0.3) is 0 Å². The summed E-state index contributed by atoms with van der Waals surface area (Å²) in [5, 5.41) is 3.26. The van der Waals surface area contributed by atoms with Gasteiger partial charge in [-0.2, -0.15) is 8.42 Å². The van der Waals surface area contributed by atoms with Crippen LogP contribution in [-0.4, -0.2) is 29.1 Å². The van der Waals surface area contributed by atoms with Crippen LogP contribution in [0.25, 0.3) is 0 Å². The lowest BCUT2D eigenvalue weighted by atomic mass is 10.0. The molecule has 0 spiro atoms. The Morgan fingerprint density at radius 2 is 1.88 bits per heavy atom. The molecule has 0 aromatic heterocycles. The molecule has 1 aliphatic heterocycles. The quantitative estimate of drug-likeness (QED) is 0.861. The van der Waals surface area contributed by atoms with Crippen LogP contribution in [0.15, 0.2) is 42.5 Å². The summed E-state index contributed by atoms with van der Waals surface area (Å²) in [5.74, 6) is -0.491. The predicted molar refractivity (Wildman–Crippen MR) is 98.9 cm³/mol. The third-order valence-electron chi connectivity index (χ3n) is 4.27. The molecule has 1 heterocycles. The normalized spacial score (nSPS) is 16.8. The van der Waals surface area contributed by atoms with Crippen LogP contribution in [0.1, 0.15) is 18.0 Å². The van der Waals surface area contributed by atoms with E-state index in [0.717, 1.165) is 0 Å². The fourth-order valence-electron chi connectivity index (χ4n) is 3.09. The van der Waals surface area contributed by atoms with Crippen molar-refractivity contribution in [2.24, 2.45) is 0 Å². The van der Waals surface area contributed by atoms with E-state index in [1.165, 1.54) is 27.8 Å². The fraction of sp³-hybridized carbons (Fsp3) is 0.294. The van der Waals surface area contributed by atoms with Crippen molar-refractivity contribution < 1.29 is 12.8 Å². The second-order valence-electron chi connectivity index (χ2n) is 5.87. The topological polar surface area (TPSA) is 52.6 Å². The number of hydrogen-bond donors (Lipinski definition) is 1. The van der Waals surface area contributed by atoms with Gasteiger partial charge in [-0.05, 0) is 55.9 Å². The van der Waals surface area contributed by atoms with Gasteiger partial charge >= 0.3 is 10.2 Å². The first-order valence-corrected chi connectivity index (χ1v) is 9.61. The third kappa shape index (κ3) is 3.19. The van der Waals surface area contributed by atoms with Crippen LogP contribution in [0.4, 0.5) is 15.8 Å². The van der Waals surface area contributed by atoms with Crippen LogP contribution in [0.5, 0.6) is 0 Å². The highest BCUT2D eigenvalue weighted by molar-refractivity contribution is 7.94. The van der Waals surface area contributed by atoms with E-state index in [-0.39, 0.29) is 5.02 Å². The van der Waals surface area contributed by atoms with E-state index in [9.17, 15) is 12.8 Å². The van der Waals surface area contributed by atoms with Crippen molar-refractivity contribution in [2.75, 3.05) is 29.3 Å². The number of anilines is 2. The Morgan fingerprint density at radius 1 is 1.20 bits per heavy atom. The predicted octanol–water partition coefficient (Wildman–Crippen LogP) is 3.33. The summed E-state index contributed by atoms with van der Waals surface area (Å²) in [6, 6.07) is 10.7. The molecular weight excluding hydrogens is 365 g/mol. The van der Waals surface area contributed by atoms with Crippen molar-refractivity contribution in [2.45, 2.75) is 12.5 Å². The van der Waals surface area contributed by atoms with E-state index >= 15 is 0 Å². The zero-order valence-corrected chi connectivity index (χ0v) is 15.5. The van der Waals surface area contributed by atoms with Gasteiger partial charge in [-0.3, -0.25) is 4.31 Å². The van der Waals surface area contributed by atoms with Gasteiger partial charge in [-0.25, -0.2) is 8.70 Å². The smallest absolute Gasteiger partial charge is 0.320 e. The number of para-hydroxylation sites is 2. The summed E-state index contributed by atoms with van der Waals surface area (Å²) in [4.78, 5) is 0. The highest BCUT2D eigenvalue weighted by Crippen LogP contribution is 2.45. The Kier molecular flexibility index (Phi) is 4.90. The minimum absolute atomic E-state index is 0.239. The van der Waals surface area contributed by atoms with Crippen molar-refractivity contribution in [3.05, 3.63) is 58.9 Å². The largest absolute Gasteiger partial charge is 0.326 e. The van der Waals surface area contributed by atoms with Gasteiger partial charge < -0.3 is 5.32 Å². The summed E-state index contributed by atoms with van der Waals surface area (Å²) in [7, 11) is -0.453. The molecule has 1 N–H and O–H groups in total. The Balaban J connectivity index is 2.16. The average Bonchev–Trinajstić information content (AvgIpc) is 2.75. The van der Waals surface area contributed by atoms with Gasteiger partial charge in [-0.1, -0.05) is 23.7 Å². The molecule has 1 aliphatic rings. The molecule has 1 atom stereocenters. The van der Waals surface area contributed by atoms with Gasteiger partial charge in [0.2, 0.25) is 0 Å². The second-order valence-corrected chi connectivity index (χ2v) is 8.14. The number of fused-ring (bicyclic) bond motifs is 1. The van der Waals surface area contributed by atoms with Crippen molar-refractivity contribution in [1.82, 2.24) is 5.32 Å². The number of halogens is 2. The van der Waals surface area contributed by atoms with Crippen LogP contribution in [0.3, 0.4) is 0 Å². The van der Waals surface area contributed by atoms with E-state index in [2.05, 4.69) is 5.32 Å². The Hall–Kier alpha value is -1.83. The van der Waals surface area contributed by atoms with Crippen molar-refractivity contribution >= 4 is 33.2 Å². The van der Waals surface area contributed by atoms with Crippen molar-refractivity contribution in [3.63, 3.8) is 0 Å². The number of hydrogen-bond acceptors (Lipinski definition) is 3. The zero-order chi connectivity index (χ0) is 18.2. The summed E-state index contributed by atoms with van der Waals surface area (Å²) in [5.41, 5.74) is 1.69. The van der Waals surface area contributed by atoms with E-state index in [1.807, 2.05) is 0 Å². The van der Waals surface area contributed by atoms with E-state index in [1.54, 1.807) is 37.4 Å². The molecule has 2 aromatic rings. The SMILES string of the molecule is CNCC[C@H](c1cc(F)cc(Cl)c1)N1c2ccccc2N(C)S1(=O)=O. The lowest BCUT2D eigenvalue weighted by Gasteiger charge is -2.29. The number of benzene rings is 2. The standard InChI is InChI=1S/C17H19ClFN3O2S/c1-20-8-7-15(12-9-13(18)11-14(19)10-12)22-17-6-4-3-5-16(17)21(2)25(22,23)24/h3-6,9-11,15,20H,7-8H2,1-2H3/t15-/m1/s1. The first-order chi connectivity index (χ1) is 11.9. The number of nitrogens with one attached hydrogen (secondary N) is 1. The van der Waals surface area contributed by atoms with E-state index < -0.39 is 22.1 Å². The fourth-order valence-corrected chi connectivity index (χ4v) is 4.94. The molecule has 8 heteroatoms. The molecule has 0 unspecified atom stereocenters. The van der Waals surface area contributed by atoms with Crippen molar-refractivity contribution in [1.29, 1.82) is 0 Å². The Bertz CT molecular complexity index is 871. The monoisotopic (exact) mass is 383 g/mol. The van der Waals surface area contributed by atoms with Crippen LogP contribution in [0.2, 0.25) is 5.02 Å². The van der Waals surface area contributed by atoms with E-state index in [0.29, 0.717) is 29.9 Å². The molecule has 0 radical (unpaired) electrons. The van der Waals surface area contributed by atoms with Gasteiger partial charge in [-0.15, -0.1) is 0 Å². The number of rotatable bonds is 5. The molecule has 5 nitrogen and oxygen atoms in total. The maximum absolute atomic E-state index is 13.9. The third-order valence-corrected chi connectivity index (χ3v) is 6.33. The first-order valence-electron chi connectivity index (χ1n) is 7.84. The van der Waals surface area contributed by atoms with E-state index in [4.69, 9.17) is 11.6 Å². The van der Waals surface area contributed by atoms with Gasteiger partial charge in [0.1, 0.15) is 5.82 Å². The summed E-state index contributed by atoms with van der Waals surface area (Å²) in [6.45, 7) is 0.566. The molecule has 2 aromatic carbocycles. The maximum Gasteiger partial charge on any atom is 0.326 e. The molecule has 134 valence electrons. The highest BCUT2D eigenvalue weighted by Gasteiger charge is 2.42. The van der Waals surface area contributed by atoms with Crippen LogP contribution >= 0.6 is 11.6 Å². The Morgan fingerprint density at radius 3 is 2.52 bits per heavy atom. The summed E-state index contributed by atoms with van der Waals surface area (Å²) >= 11 is 6.00. The molecule has 0 fully saturated rings. The molecule has 25 heavy (non-hydrogen) atoms. The lowest BCUT2D eigenvalue weighted by molar-refractivity contribution is 0.560. The van der Waals surface area contributed by atoms with Crippen LogP contribution < -0.4 is 13.9 Å². The molecule has 0 amide bonds. The summed E-state index contributed by atoms with van der Waals surface area (Å²) in [6.07, 6.45) is 0.470. The van der Waals surface area contributed by atoms with Crippen LogP contribution in [-0.2, 0) is 10.2 Å². The highest BCUT2D eigenvalue weighted by atomic mass is 35.5. The van der Waals surface area contributed by atoms with Gasteiger partial charge in [0.15, 0.2) is 0 Å². The molecule has 0 saturated carbocycles. The minimum Gasteiger partial charge on any atom is -0.320 e. The molecular formula is C17H19ClFN3O2S. The summed E-state index contributed by atoms with van der Waals surface area (Å²) < 4.78 is 42.5. The minimum atomic E-state index is -3.76. The maximum atomic E-state index is 13.9. The molecule has 0 saturated heterocycles. The lowest BCUT2D eigenvalue weighted by Crippen LogP contribution is -2.39. The molecule has 0 aliphatic carbocycles. The Labute approximate surface area is 152 Å². The number of nitrogens with zero attached hydrogens (tertiary/aromatic N) is 2. The molecule has 0 bridgehead atoms. The van der Waals surface area contributed by atoms with Gasteiger partial charge in [0, 0.05) is 12.1 Å². The second kappa shape index (κ2) is 6.82.